The van der Waals surface area contributed by atoms with Gasteiger partial charge < -0.3 is 25.5 Å². The zero-order chi connectivity index (χ0) is 33.8. The lowest BCUT2D eigenvalue weighted by molar-refractivity contribution is -0.125. The number of ether oxygens (including phenoxy) is 1. The van der Waals surface area contributed by atoms with E-state index < -0.39 is 30.2 Å². The van der Waals surface area contributed by atoms with Crippen LogP contribution in [-0.2, 0) is 29.0 Å². The van der Waals surface area contributed by atoms with Crippen LogP contribution in [0.5, 0.6) is 0 Å². The van der Waals surface area contributed by atoms with Crippen molar-refractivity contribution in [3.63, 3.8) is 0 Å². The molecule has 4 N–H and O–H groups in total. The maximum atomic E-state index is 13.7. The molecule has 0 aliphatic carbocycles. The third-order valence-corrected chi connectivity index (χ3v) is 8.15. The molecule has 47 heavy (non-hydrogen) atoms. The molecule has 0 fully saturated rings. The maximum Gasteiger partial charge on any atom is 0.408 e. The number of Topliss-reactive ketones (excluding diaryl/α,β-unsaturated/α-hetero) is 1. The number of aliphatic hydroxyl groups excluding tert-OH is 1. The highest BCUT2D eigenvalue weighted by Gasteiger charge is 2.32. The molecule has 0 radical (unpaired) electrons. The van der Waals surface area contributed by atoms with Crippen LogP contribution in [0.2, 0.25) is 0 Å². The van der Waals surface area contributed by atoms with Gasteiger partial charge in [-0.15, -0.1) is 0 Å². The summed E-state index contributed by atoms with van der Waals surface area (Å²) < 4.78 is 5.38. The number of carbonyl (C=O) groups excluding carboxylic acids is 3. The molecule has 1 aromatic heterocycles. The van der Waals surface area contributed by atoms with Crippen molar-refractivity contribution in [3.05, 3.63) is 125 Å². The molecule has 4 aromatic rings. The number of alkyl carbamates (subject to hydrolysis) is 1. The van der Waals surface area contributed by atoms with Gasteiger partial charge in [0, 0.05) is 11.8 Å². The molecule has 248 valence electrons. The van der Waals surface area contributed by atoms with Gasteiger partial charge >= 0.3 is 6.09 Å². The van der Waals surface area contributed by atoms with Gasteiger partial charge in [0.05, 0.1) is 18.3 Å². The lowest BCUT2D eigenvalue weighted by atomic mass is 9.88. The Morgan fingerprint density at radius 3 is 1.89 bits per heavy atom. The monoisotopic (exact) mass is 638 g/mol. The Balaban J connectivity index is 1.53. The van der Waals surface area contributed by atoms with Crippen LogP contribution in [0, 0.1) is 11.8 Å². The Labute approximate surface area is 277 Å². The number of hydrogen-bond donors (Lipinski definition) is 4. The van der Waals surface area contributed by atoms with Gasteiger partial charge in [-0.2, -0.15) is 0 Å². The molecular formula is C38H46N4O5. The highest BCUT2D eigenvalue weighted by Crippen LogP contribution is 2.26. The van der Waals surface area contributed by atoms with E-state index in [1.165, 1.54) is 0 Å². The quantitative estimate of drug-likeness (QED) is 0.111. The summed E-state index contributed by atoms with van der Waals surface area (Å²) in [6.45, 7) is 7.44. The highest BCUT2D eigenvalue weighted by atomic mass is 16.5. The summed E-state index contributed by atoms with van der Waals surface area (Å²) in [6.07, 6.45) is 1.06. The standard InChI is InChI=1S/C38H46N4O5/c1-25(2)34(42-38(46)47-24-29-18-12-7-13-19-29)37(45)41-31(21-28-16-10-6-11-17-28)33(43)22-30(20-27-14-8-5-9-15-27)36-39-23-32(40-36)35(44)26(3)4/h5-19,23,25-26,30-31,33-34,43H,20-22,24H2,1-4H3,(H,39,40)(H,41,45)(H,42,46)/t30?,31-,33-,34-/m0/s1. The number of hydrogen-bond acceptors (Lipinski definition) is 6. The van der Waals surface area contributed by atoms with E-state index in [9.17, 15) is 19.5 Å². The minimum atomic E-state index is -0.986. The Kier molecular flexibility index (Phi) is 12.9. The molecule has 0 saturated carbocycles. The fraction of sp³-hybridized carbons (Fsp3) is 0.368. The number of benzene rings is 3. The topological polar surface area (TPSA) is 133 Å². The number of rotatable bonds is 16. The number of H-pyrrole nitrogens is 1. The van der Waals surface area contributed by atoms with Crippen LogP contribution in [-0.4, -0.2) is 51.0 Å². The number of aromatic amines is 1. The number of aromatic nitrogens is 2. The second-order valence-electron chi connectivity index (χ2n) is 12.6. The van der Waals surface area contributed by atoms with E-state index in [0.717, 1.165) is 16.7 Å². The predicted molar refractivity (Wildman–Crippen MR) is 182 cm³/mol. The van der Waals surface area contributed by atoms with Crippen molar-refractivity contribution in [2.45, 2.75) is 77.7 Å². The molecule has 3 aromatic carbocycles. The smallest absolute Gasteiger partial charge is 0.408 e. The maximum absolute atomic E-state index is 13.7. The molecule has 0 spiro atoms. The summed E-state index contributed by atoms with van der Waals surface area (Å²) in [5, 5.41) is 17.6. The van der Waals surface area contributed by atoms with Gasteiger partial charge in [-0.25, -0.2) is 9.78 Å². The normalized spacial score (nSPS) is 13.9. The number of aliphatic hydroxyl groups is 1. The van der Waals surface area contributed by atoms with Crippen molar-refractivity contribution in [1.82, 2.24) is 20.6 Å². The fourth-order valence-corrected chi connectivity index (χ4v) is 5.48. The van der Waals surface area contributed by atoms with Crippen molar-refractivity contribution in [3.8, 4) is 0 Å². The number of amides is 2. The molecular weight excluding hydrogens is 592 g/mol. The lowest BCUT2D eigenvalue weighted by Crippen LogP contribution is -2.55. The fourth-order valence-electron chi connectivity index (χ4n) is 5.48. The molecule has 2 amide bonds. The van der Waals surface area contributed by atoms with Gasteiger partial charge in [0.25, 0.3) is 0 Å². The van der Waals surface area contributed by atoms with E-state index in [-0.39, 0.29) is 36.6 Å². The zero-order valence-corrected chi connectivity index (χ0v) is 27.6. The van der Waals surface area contributed by atoms with Crippen LogP contribution >= 0.6 is 0 Å². The van der Waals surface area contributed by atoms with Gasteiger partial charge in [-0.1, -0.05) is 119 Å². The first-order chi connectivity index (χ1) is 22.6. The van der Waals surface area contributed by atoms with Crippen LogP contribution < -0.4 is 10.6 Å². The first kappa shape index (κ1) is 35.1. The van der Waals surface area contributed by atoms with Crippen LogP contribution in [0.3, 0.4) is 0 Å². The number of carbonyl (C=O) groups is 3. The second-order valence-corrected chi connectivity index (χ2v) is 12.6. The van der Waals surface area contributed by atoms with E-state index in [1.54, 1.807) is 6.20 Å². The molecule has 4 rings (SSSR count). The largest absolute Gasteiger partial charge is 0.445 e. The first-order valence-corrected chi connectivity index (χ1v) is 16.2. The molecule has 0 aliphatic rings. The molecule has 4 atom stereocenters. The Morgan fingerprint density at radius 2 is 1.34 bits per heavy atom. The van der Waals surface area contributed by atoms with Crippen molar-refractivity contribution >= 4 is 17.8 Å². The van der Waals surface area contributed by atoms with E-state index in [4.69, 9.17) is 4.74 Å². The molecule has 1 unspecified atom stereocenters. The van der Waals surface area contributed by atoms with Crippen LogP contribution in [0.4, 0.5) is 4.79 Å². The molecule has 9 heteroatoms. The van der Waals surface area contributed by atoms with Crippen molar-refractivity contribution < 1.29 is 24.2 Å². The summed E-state index contributed by atoms with van der Waals surface area (Å²) >= 11 is 0. The zero-order valence-electron chi connectivity index (χ0n) is 27.6. The SMILES string of the molecule is CC(C)C(=O)c1cnc(C(Cc2ccccc2)C[C@H](O)[C@H](Cc2ccccc2)NC(=O)[C@@H](NC(=O)OCc2ccccc2)C(C)C)[nH]1. The van der Waals surface area contributed by atoms with Gasteiger partial charge in [0.15, 0.2) is 5.78 Å². The lowest BCUT2D eigenvalue weighted by Gasteiger charge is -2.30. The van der Waals surface area contributed by atoms with Crippen molar-refractivity contribution in [1.29, 1.82) is 0 Å². The minimum absolute atomic E-state index is 0.0356. The van der Waals surface area contributed by atoms with Crippen molar-refractivity contribution in [2.24, 2.45) is 11.8 Å². The highest BCUT2D eigenvalue weighted by molar-refractivity contribution is 5.95. The third-order valence-electron chi connectivity index (χ3n) is 8.15. The van der Waals surface area contributed by atoms with E-state index in [1.807, 2.05) is 119 Å². The molecule has 0 aliphatic heterocycles. The van der Waals surface area contributed by atoms with E-state index in [0.29, 0.717) is 24.4 Å². The molecule has 0 bridgehead atoms. The van der Waals surface area contributed by atoms with Gasteiger partial charge in [-0.05, 0) is 41.9 Å². The van der Waals surface area contributed by atoms with E-state index >= 15 is 0 Å². The second kappa shape index (κ2) is 17.2. The number of nitrogens with zero attached hydrogens (tertiary/aromatic N) is 1. The van der Waals surface area contributed by atoms with Gasteiger partial charge in [0.2, 0.25) is 5.91 Å². The minimum Gasteiger partial charge on any atom is -0.445 e. The predicted octanol–water partition coefficient (Wildman–Crippen LogP) is 6.00. The van der Waals surface area contributed by atoms with Gasteiger partial charge in [-0.3, -0.25) is 9.59 Å². The average molecular weight is 639 g/mol. The first-order valence-electron chi connectivity index (χ1n) is 16.2. The average Bonchev–Trinajstić information content (AvgIpc) is 3.57. The third kappa shape index (κ3) is 10.6. The number of nitrogens with one attached hydrogen (secondary N) is 3. The van der Waals surface area contributed by atoms with Gasteiger partial charge in [0.1, 0.15) is 24.2 Å². The van der Waals surface area contributed by atoms with E-state index in [2.05, 4.69) is 20.6 Å². The number of imidazole rings is 1. The van der Waals surface area contributed by atoms with Crippen LogP contribution in [0.15, 0.2) is 97.2 Å². The van der Waals surface area contributed by atoms with Crippen molar-refractivity contribution in [2.75, 3.05) is 0 Å². The molecule has 0 saturated heterocycles. The molecule has 1 heterocycles. The summed E-state index contributed by atoms with van der Waals surface area (Å²) in [5.74, 6) is -0.567. The summed E-state index contributed by atoms with van der Waals surface area (Å²) in [5.41, 5.74) is 3.26. The molecule has 9 nitrogen and oxygen atoms in total. The Hall–Kier alpha value is -4.76. The Bertz CT molecular complexity index is 1560. The number of ketones is 1. The van der Waals surface area contributed by atoms with Crippen LogP contribution in [0.1, 0.15) is 73.0 Å². The summed E-state index contributed by atoms with van der Waals surface area (Å²) in [6, 6.07) is 27.3. The summed E-state index contributed by atoms with van der Waals surface area (Å²) in [7, 11) is 0. The Morgan fingerprint density at radius 1 is 0.787 bits per heavy atom. The summed E-state index contributed by atoms with van der Waals surface area (Å²) in [4.78, 5) is 46.9. The van der Waals surface area contributed by atoms with Crippen LogP contribution in [0.25, 0.3) is 0 Å².